The number of esters is 1. The van der Waals surface area contributed by atoms with Crippen LogP contribution in [0.1, 0.15) is 30.4 Å². The average Bonchev–Trinajstić information content (AvgIpc) is 2.66. The van der Waals surface area contributed by atoms with Crippen molar-refractivity contribution >= 4 is 17.8 Å². The largest absolute Gasteiger partial charge is 0.465 e. The summed E-state index contributed by atoms with van der Waals surface area (Å²) in [5.41, 5.74) is 1.36. The smallest absolute Gasteiger partial charge is 0.319 e. The minimum atomic E-state index is -1.13. The first kappa shape index (κ1) is 18.8. The standard InChI is InChI=1S/C21H20FNO4/c1-2-27-21(26)19-17(15-8-10-16(22)11-9-15)12-18(24)23(20(19)25)13-14-6-4-3-5-7-14/h3-11,17,19H,2,12-13H2,1H3/t17-,19-/m1/s1. The summed E-state index contributed by atoms with van der Waals surface area (Å²) in [6, 6.07) is 14.6. The number of carbonyl (C=O) groups excluding carboxylic acids is 3. The Morgan fingerprint density at radius 1 is 1.11 bits per heavy atom. The van der Waals surface area contributed by atoms with Gasteiger partial charge in [0.25, 0.3) is 0 Å². The highest BCUT2D eigenvalue weighted by Crippen LogP contribution is 2.36. The molecule has 0 unspecified atom stereocenters. The molecular weight excluding hydrogens is 349 g/mol. The maximum Gasteiger partial charge on any atom is 0.319 e. The fourth-order valence-corrected chi connectivity index (χ4v) is 3.33. The molecular formula is C21H20FNO4. The van der Waals surface area contributed by atoms with E-state index in [-0.39, 0.29) is 25.5 Å². The summed E-state index contributed by atoms with van der Waals surface area (Å²) in [5.74, 6) is -3.83. The molecule has 2 aromatic carbocycles. The van der Waals surface area contributed by atoms with Crippen molar-refractivity contribution in [3.8, 4) is 0 Å². The van der Waals surface area contributed by atoms with Gasteiger partial charge in [0.2, 0.25) is 11.8 Å². The zero-order valence-corrected chi connectivity index (χ0v) is 14.9. The predicted octanol–water partition coefficient (Wildman–Crippen LogP) is 3.05. The Kier molecular flexibility index (Phi) is 5.64. The highest BCUT2D eigenvalue weighted by atomic mass is 19.1. The molecule has 2 amide bonds. The molecule has 140 valence electrons. The molecule has 0 saturated carbocycles. The van der Waals surface area contributed by atoms with Gasteiger partial charge < -0.3 is 4.74 Å². The Morgan fingerprint density at radius 2 is 1.78 bits per heavy atom. The van der Waals surface area contributed by atoms with Crippen molar-refractivity contribution in [2.75, 3.05) is 6.61 Å². The number of imide groups is 1. The third-order valence-corrected chi connectivity index (χ3v) is 4.65. The molecule has 3 rings (SSSR count). The van der Waals surface area contributed by atoms with E-state index in [2.05, 4.69) is 0 Å². The number of ether oxygens (including phenoxy) is 1. The van der Waals surface area contributed by atoms with Crippen LogP contribution >= 0.6 is 0 Å². The maximum atomic E-state index is 13.3. The zero-order chi connectivity index (χ0) is 19.4. The lowest BCUT2D eigenvalue weighted by atomic mass is 9.79. The Bertz CT molecular complexity index is 835. The fraction of sp³-hybridized carbons (Fsp3) is 0.286. The molecule has 0 N–H and O–H groups in total. The molecule has 1 fully saturated rings. The Labute approximate surface area is 156 Å². The van der Waals surface area contributed by atoms with E-state index in [1.54, 1.807) is 6.92 Å². The van der Waals surface area contributed by atoms with Crippen LogP contribution in [0.2, 0.25) is 0 Å². The van der Waals surface area contributed by atoms with Crippen molar-refractivity contribution < 1.29 is 23.5 Å². The molecule has 1 heterocycles. The molecule has 0 bridgehead atoms. The van der Waals surface area contributed by atoms with Gasteiger partial charge in [0.1, 0.15) is 11.7 Å². The van der Waals surface area contributed by atoms with E-state index in [9.17, 15) is 18.8 Å². The molecule has 2 atom stereocenters. The number of hydrogen-bond donors (Lipinski definition) is 0. The van der Waals surface area contributed by atoms with Crippen LogP contribution in [0.4, 0.5) is 4.39 Å². The van der Waals surface area contributed by atoms with Crippen LogP contribution in [-0.2, 0) is 25.7 Å². The predicted molar refractivity (Wildman–Crippen MR) is 95.9 cm³/mol. The summed E-state index contributed by atoms with van der Waals surface area (Å²) in [7, 11) is 0. The molecule has 5 nitrogen and oxygen atoms in total. The van der Waals surface area contributed by atoms with Crippen LogP contribution in [0.5, 0.6) is 0 Å². The van der Waals surface area contributed by atoms with Gasteiger partial charge >= 0.3 is 5.97 Å². The second-order valence-corrected chi connectivity index (χ2v) is 6.40. The first-order valence-electron chi connectivity index (χ1n) is 8.81. The molecule has 6 heteroatoms. The molecule has 2 aromatic rings. The summed E-state index contributed by atoms with van der Waals surface area (Å²) >= 11 is 0. The van der Waals surface area contributed by atoms with Gasteiger partial charge in [0.15, 0.2) is 0 Å². The molecule has 0 aromatic heterocycles. The molecule has 0 spiro atoms. The number of amides is 2. The molecule has 1 aliphatic heterocycles. The third kappa shape index (κ3) is 4.05. The zero-order valence-electron chi connectivity index (χ0n) is 14.9. The lowest BCUT2D eigenvalue weighted by molar-refractivity contribution is -0.163. The molecule has 1 saturated heterocycles. The van der Waals surface area contributed by atoms with E-state index in [0.29, 0.717) is 5.56 Å². The monoisotopic (exact) mass is 369 g/mol. The highest BCUT2D eigenvalue weighted by molar-refractivity contribution is 6.08. The van der Waals surface area contributed by atoms with Crippen molar-refractivity contribution in [2.45, 2.75) is 25.8 Å². The number of halogens is 1. The normalized spacial score (nSPS) is 19.9. The van der Waals surface area contributed by atoms with E-state index in [1.807, 2.05) is 30.3 Å². The van der Waals surface area contributed by atoms with Gasteiger partial charge in [-0.1, -0.05) is 42.5 Å². The molecule has 0 radical (unpaired) electrons. The number of nitrogens with zero attached hydrogens (tertiary/aromatic N) is 1. The summed E-state index contributed by atoms with van der Waals surface area (Å²) in [6.07, 6.45) is -0.0202. The third-order valence-electron chi connectivity index (χ3n) is 4.65. The topological polar surface area (TPSA) is 63.7 Å². The summed E-state index contributed by atoms with van der Waals surface area (Å²) in [6.45, 7) is 1.89. The van der Waals surface area contributed by atoms with Crippen LogP contribution in [0, 0.1) is 11.7 Å². The van der Waals surface area contributed by atoms with Gasteiger partial charge in [0.05, 0.1) is 13.2 Å². The summed E-state index contributed by atoms with van der Waals surface area (Å²) in [5, 5.41) is 0. The van der Waals surface area contributed by atoms with Crippen LogP contribution in [0.15, 0.2) is 54.6 Å². The second-order valence-electron chi connectivity index (χ2n) is 6.40. The van der Waals surface area contributed by atoms with Gasteiger partial charge in [-0.2, -0.15) is 0 Å². The summed E-state index contributed by atoms with van der Waals surface area (Å²) in [4.78, 5) is 39.3. The molecule has 1 aliphatic rings. The Balaban J connectivity index is 1.92. The van der Waals surface area contributed by atoms with Crippen LogP contribution < -0.4 is 0 Å². The Morgan fingerprint density at radius 3 is 2.41 bits per heavy atom. The quantitative estimate of drug-likeness (QED) is 0.462. The van der Waals surface area contributed by atoms with E-state index in [1.165, 1.54) is 24.3 Å². The molecule has 0 aliphatic carbocycles. The highest BCUT2D eigenvalue weighted by Gasteiger charge is 2.46. The van der Waals surface area contributed by atoms with Gasteiger partial charge in [-0.05, 0) is 30.2 Å². The van der Waals surface area contributed by atoms with Gasteiger partial charge in [-0.25, -0.2) is 4.39 Å². The van der Waals surface area contributed by atoms with Crippen molar-refractivity contribution in [1.82, 2.24) is 4.90 Å². The van der Waals surface area contributed by atoms with E-state index in [0.717, 1.165) is 10.5 Å². The number of likely N-dealkylation sites (tertiary alicyclic amines) is 1. The van der Waals surface area contributed by atoms with Crippen molar-refractivity contribution in [3.05, 3.63) is 71.5 Å². The Hall–Kier alpha value is -3.02. The van der Waals surface area contributed by atoms with Gasteiger partial charge in [-0.15, -0.1) is 0 Å². The molecule has 27 heavy (non-hydrogen) atoms. The first-order chi connectivity index (χ1) is 13.0. The van der Waals surface area contributed by atoms with E-state index >= 15 is 0 Å². The SMILES string of the molecule is CCOC(=O)[C@H]1C(=O)N(Cc2ccccc2)C(=O)C[C@@H]1c1ccc(F)cc1. The minimum absolute atomic E-state index is 0.0202. The van der Waals surface area contributed by atoms with Gasteiger partial charge in [0, 0.05) is 12.3 Å². The van der Waals surface area contributed by atoms with Crippen molar-refractivity contribution in [2.24, 2.45) is 5.92 Å². The fourth-order valence-electron chi connectivity index (χ4n) is 3.33. The van der Waals surface area contributed by atoms with Gasteiger partial charge in [-0.3, -0.25) is 19.3 Å². The number of piperidine rings is 1. The van der Waals surface area contributed by atoms with Crippen LogP contribution in [0.3, 0.4) is 0 Å². The van der Waals surface area contributed by atoms with Crippen molar-refractivity contribution in [3.63, 3.8) is 0 Å². The van der Waals surface area contributed by atoms with Crippen molar-refractivity contribution in [1.29, 1.82) is 0 Å². The lowest BCUT2D eigenvalue weighted by Gasteiger charge is -2.35. The lowest BCUT2D eigenvalue weighted by Crippen LogP contribution is -2.50. The number of benzene rings is 2. The first-order valence-corrected chi connectivity index (χ1v) is 8.81. The van der Waals surface area contributed by atoms with Crippen LogP contribution in [-0.4, -0.2) is 29.3 Å². The number of carbonyl (C=O) groups is 3. The number of rotatable bonds is 5. The minimum Gasteiger partial charge on any atom is -0.465 e. The number of hydrogen-bond acceptors (Lipinski definition) is 4. The summed E-state index contributed by atoms with van der Waals surface area (Å²) < 4.78 is 18.3. The van der Waals surface area contributed by atoms with Crippen LogP contribution in [0.25, 0.3) is 0 Å². The second kappa shape index (κ2) is 8.12. The van der Waals surface area contributed by atoms with E-state index in [4.69, 9.17) is 4.74 Å². The van der Waals surface area contributed by atoms with E-state index < -0.39 is 29.5 Å². The maximum absolute atomic E-state index is 13.3. The average molecular weight is 369 g/mol.